The number of thiophene rings is 1. The Morgan fingerprint density at radius 1 is 1.59 bits per heavy atom. The molecular formula is C7H8ClN3O4S2. The molecule has 17 heavy (non-hydrogen) atoms. The molecule has 1 aromatic rings. The van der Waals surface area contributed by atoms with Gasteiger partial charge in [-0.05, 0) is 0 Å². The van der Waals surface area contributed by atoms with E-state index in [1.165, 1.54) is 4.31 Å². The van der Waals surface area contributed by atoms with Crippen LogP contribution in [0.3, 0.4) is 0 Å². The molecular weight excluding hydrogens is 290 g/mol. The largest absolute Gasteiger partial charge is 0.325 e. The molecule has 0 spiro atoms. The molecule has 0 amide bonds. The predicted molar refractivity (Wildman–Crippen MR) is 62.7 cm³/mol. The van der Waals surface area contributed by atoms with Crippen molar-refractivity contribution in [2.75, 3.05) is 13.1 Å². The minimum absolute atomic E-state index is 0.124. The van der Waals surface area contributed by atoms with E-state index in [2.05, 4.69) is 0 Å². The third-order valence-corrected chi connectivity index (χ3v) is 5.93. The minimum Gasteiger partial charge on any atom is -0.325 e. The molecule has 10 heteroatoms. The van der Waals surface area contributed by atoms with E-state index in [1.807, 2.05) is 0 Å². The van der Waals surface area contributed by atoms with E-state index in [0.717, 1.165) is 6.07 Å². The van der Waals surface area contributed by atoms with Gasteiger partial charge in [-0.25, -0.2) is 8.42 Å². The molecule has 1 aliphatic heterocycles. The Balaban J connectivity index is 2.34. The van der Waals surface area contributed by atoms with Crippen molar-refractivity contribution in [1.29, 1.82) is 0 Å². The van der Waals surface area contributed by atoms with Crippen LogP contribution in [0, 0.1) is 10.1 Å². The second-order valence-corrected chi connectivity index (χ2v) is 7.38. The fraction of sp³-hybridized carbons (Fsp3) is 0.429. The molecule has 94 valence electrons. The van der Waals surface area contributed by atoms with E-state index in [1.54, 1.807) is 0 Å². The summed E-state index contributed by atoms with van der Waals surface area (Å²) in [7, 11) is -3.69. The van der Waals surface area contributed by atoms with Crippen molar-refractivity contribution in [1.82, 2.24) is 4.31 Å². The van der Waals surface area contributed by atoms with Crippen LogP contribution in [-0.2, 0) is 10.0 Å². The third-order valence-electron chi connectivity index (χ3n) is 2.31. The van der Waals surface area contributed by atoms with Crippen LogP contribution in [0.4, 0.5) is 5.69 Å². The highest BCUT2D eigenvalue weighted by Crippen LogP contribution is 2.38. The standard InChI is InChI=1S/C7H8ClN3O4S2/c8-7-5(11(12)13)1-6(16-7)17(14,15)10-2-4(9)3-10/h1,4H,2-3,9H2. The van der Waals surface area contributed by atoms with Gasteiger partial charge >= 0.3 is 0 Å². The van der Waals surface area contributed by atoms with Crippen molar-refractivity contribution in [3.63, 3.8) is 0 Å². The summed E-state index contributed by atoms with van der Waals surface area (Å²) in [5.41, 5.74) is 5.10. The molecule has 1 saturated heterocycles. The number of sulfonamides is 1. The van der Waals surface area contributed by atoms with Crippen LogP contribution in [-0.4, -0.2) is 36.8 Å². The van der Waals surface area contributed by atoms with Crippen LogP contribution in [0.15, 0.2) is 10.3 Å². The summed E-state index contributed by atoms with van der Waals surface area (Å²) in [5, 5.41) is 10.6. The Labute approximate surface area is 106 Å². The predicted octanol–water partition coefficient (Wildman–Crippen LogP) is 0.641. The Bertz CT molecular complexity index is 564. The van der Waals surface area contributed by atoms with Gasteiger partial charge in [-0.15, -0.1) is 11.3 Å². The van der Waals surface area contributed by atoms with E-state index in [9.17, 15) is 18.5 Å². The summed E-state index contributed by atoms with van der Waals surface area (Å²) in [6.45, 7) is 0.456. The Morgan fingerprint density at radius 3 is 2.59 bits per heavy atom. The normalized spacial score (nSPS) is 18.0. The third kappa shape index (κ3) is 2.16. The van der Waals surface area contributed by atoms with Crippen LogP contribution >= 0.6 is 22.9 Å². The Hall–Kier alpha value is -0.740. The molecule has 0 unspecified atom stereocenters. The molecule has 2 rings (SSSR count). The maximum Gasteiger partial charge on any atom is 0.300 e. The van der Waals surface area contributed by atoms with E-state index in [-0.39, 0.29) is 33.4 Å². The van der Waals surface area contributed by atoms with E-state index < -0.39 is 14.9 Å². The number of nitrogens with zero attached hydrogens (tertiary/aromatic N) is 2. The first-order chi connectivity index (χ1) is 7.82. The van der Waals surface area contributed by atoms with Crippen LogP contribution in [0.5, 0.6) is 0 Å². The highest BCUT2D eigenvalue weighted by Gasteiger charge is 2.37. The van der Waals surface area contributed by atoms with Crippen LogP contribution < -0.4 is 5.73 Å². The summed E-state index contributed by atoms with van der Waals surface area (Å²) in [4.78, 5) is 9.86. The number of hydrogen-bond acceptors (Lipinski definition) is 6. The van der Waals surface area contributed by atoms with Gasteiger partial charge in [-0.2, -0.15) is 4.31 Å². The van der Waals surface area contributed by atoms with Crippen molar-refractivity contribution in [2.45, 2.75) is 10.3 Å². The molecule has 2 heterocycles. The zero-order valence-electron chi connectivity index (χ0n) is 8.37. The molecule has 1 fully saturated rings. The highest BCUT2D eigenvalue weighted by atomic mass is 35.5. The SMILES string of the molecule is NC1CN(S(=O)(=O)c2cc([N+](=O)[O-])c(Cl)s2)C1. The molecule has 0 atom stereocenters. The van der Waals surface area contributed by atoms with Crippen molar-refractivity contribution in [3.8, 4) is 0 Å². The minimum atomic E-state index is -3.69. The number of nitrogens with two attached hydrogens (primary N) is 1. The van der Waals surface area contributed by atoms with E-state index >= 15 is 0 Å². The monoisotopic (exact) mass is 297 g/mol. The van der Waals surface area contributed by atoms with Crippen molar-refractivity contribution >= 4 is 38.6 Å². The highest BCUT2D eigenvalue weighted by molar-refractivity contribution is 7.91. The van der Waals surface area contributed by atoms with Gasteiger partial charge < -0.3 is 5.73 Å². The lowest BCUT2D eigenvalue weighted by Gasteiger charge is -2.34. The van der Waals surface area contributed by atoms with Gasteiger partial charge in [0.2, 0.25) is 0 Å². The molecule has 2 N–H and O–H groups in total. The average Bonchev–Trinajstić information content (AvgIpc) is 2.56. The van der Waals surface area contributed by atoms with Crippen LogP contribution in [0.25, 0.3) is 0 Å². The molecule has 1 aromatic heterocycles. The van der Waals surface area contributed by atoms with Gasteiger partial charge in [0.25, 0.3) is 15.7 Å². The molecule has 0 saturated carbocycles. The van der Waals surface area contributed by atoms with Crippen molar-refractivity contribution < 1.29 is 13.3 Å². The van der Waals surface area contributed by atoms with E-state index in [4.69, 9.17) is 17.3 Å². The summed E-state index contributed by atoms with van der Waals surface area (Å²) in [6.07, 6.45) is 0. The molecule has 0 aromatic carbocycles. The van der Waals surface area contributed by atoms with Crippen molar-refractivity contribution in [3.05, 3.63) is 20.5 Å². The topological polar surface area (TPSA) is 107 Å². The lowest BCUT2D eigenvalue weighted by Crippen LogP contribution is -2.57. The lowest BCUT2D eigenvalue weighted by molar-refractivity contribution is -0.384. The van der Waals surface area contributed by atoms with E-state index in [0.29, 0.717) is 11.3 Å². The van der Waals surface area contributed by atoms with Gasteiger partial charge in [-0.1, -0.05) is 11.6 Å². The zero-order valence-corrected chi connectivity index (χ0v) is 10.8. The van der Waals surface area contributed by atoms with Crippen molar-refractivity contribution in [2.24, 2.45) is 5.73 Å². The maximum absolute atomic E-state index is 11.9. The second kappa shape index (κ2) is 4.18. The molecule has 0 bridgehead atoms. The first-order valence-electron chi connectivity index (χ1n) is 4.52. The second-order valence-electron chi connectivity index (χ2n) is 3.56. The first-order valence-corrected chi connectivity index (χ1v) is 7.15. The maximum atomic E-state index is 11.9. The van der Waals surface area contributed by atoms with Gasteiger partial charge in [0, 0.05) is 25.2 Å². The zero-order chi connectivity index (χ0) is 12.8. The number of nitro groups is 1. The fourth-order valence-corrected chi connectivity index (χ4v) is 4.76. The Morgan fingerprint density at radius 2 is 2.18 bits per heavy atom. The molecule has 1 aliphatic rings. The molecule has 0 radical (unpaired) electrons. The summed E-state index contributed by atoms with van der Waals surface area (Å²) in [6, 6.07) is 0.807. The summed E-state index contributed by atoms with van der Waals surface area (Å²) < 4.78 is 24.8. The summed E-state index contributed by atoms with van der Waals surface area (Å²) >= 11 is 6.29. The fourth-order valence-electron chi connectivity index (χ4n) is 1.38. The number of hydrogen-bond donors (Lipinski definition) is 1. The smallest absolute Gasteiger partial charge is 0.300 e. The lowest BCUT2D eigenvalue weighted by atomic mass is 10.2. The van der Waals surface area contributed by atoms with Gasteiger partial charge in [0.05, 0.1) is 4.92 Å². The van der Waals surface area contributed by atoms with Gasteiger partial charge in [0.1, 0.15) is 4.21 Å². The van der Waals surface area contributed by atoms with Crippen LogP contribution in [0.2, 0.25) is 4.34 Å². The average molecular weight is 298 g/mol. The summed E-state index contributed by atoms with van der Waals surface area (Å²) in [5.74, 6) is 0. The van der Waals surface area contributed by atoms with Crippen LogP contribution in [0.1, 0.15) is 0 Å². The molecule has 7 nitrogen and oxygen atoms in total. The van der Waals surface area contributed by atoms with Gasteiger partial charge in [-0.3, -0.25) is 10.1 Å². The van der Waals surface area contributed by atoms with Gasteiger partial charge in [0.15, 0.2) is 4.34 Å². The molecule has 0 aliphatic carbocycles. The first kappa shape index (κ1) is 12.7. The Kier molecular flexibility index (Phi) is 3.12. The number of halogens is 1. The quantitative estimate of drug-likeness (QED) is 0.651. The number of rotatable bonds is 3.